The van der Waals surface area contributed by atoms with Crippen molar-refractivity contribution in [3.63, 3.8) is 0 Å². The van der Waals surface area contributed by atoms with Crippen molar-refractivity contribution in [2.75, 3.05) is 52.5 Å². The Morgan fingerprint density at radius 2 is 2.00 bits per heavy atom. The summed E-state index contributed by atoms with van der Waals surface area (Å²) < 4.78 is 5.43. The normalized spacial score (nSPS) is 21.0. The van der Waals surface area contributed by atoms with E-state index in [1.807, 2.05) is 12.3 Å². The summed E-state index contributed by atoms with van der Waals surface area (Å²) in [5, 5.41) is 1.19. The second-order valence-corrected chi connectivity index (χ2v) is 8.54. The van der Waals surface area contributed by atoms with E-state index in [0.717, 1.165) is 83.8 Å². The summed E-state index contributed by atoms with van der Waals surface area (Å²) in [6.07, 6.45) is 5.14. The number of hydrogen-bond acceptors (Lipinski definition) is 5. The molecule has 1 aromatic carbocycles. The Kier molecular flexibility index (Phi) is 7.31. The molecular formula is C24H34N4O2. The van der Waals surface area contributed by atoms with Crippen molar-refractivity contribution in [1.29, 1.82) is 0 Å². The molecule has 0 bridgehead atoms. The van der Waals surface area contributed by atoms with Gasteiger partial charge in [-0.05, 0) is 37.4 Å². The standard InChI is InChI=1S/C24H34N4O2/c1-20(29)28(13-5-12-26-14-16-30-17-15-26)23-9-4-11-27(19-23)18-22-7-2-6-21-8-3-10-25-24(21)22/h2-3,6-8,10,23H,4-5,9,11-19H2,1H3. The first-order chi connectivity index (χ1) is 14.7. The van der Waals surface area contributed by atoms with E-state index < -0.39 is 0 Å². The Morgan fingerprint density at radius 3 is 2.83 bits per heavy atom. The Labute approximate surface area is 179 Å². The molecule has 0 radical (unpaired) electrons. The molecule has 0 spiro atoms. The van der Waals surface area contributed by atoms with Gasteiger partial charge in [-0.2, -0.15) is 0 Å². The molecule has 1 amide bonds. The topological polar surface area (TPSA) is 48.9 Å². The molecule has 2 fully saturated rings. The van der Waals surface area contributed by atoms with E-state index >= 15 is 0 Å². The first-order valence-electron chi connectivity index (χ1n) is 11.3. The third-order valence-electron chi connectivity index (χ3n) is 6.41. The van der Waals surface area contributed by atoms with E-state index in [9.17, 15) is 4.79 Å². The van der Waals surface area contributed by atoms with Crippen LogP contribution in [0.2, 0.25) is 0 Å². The fraction of sp³-hybridized carbons (Fsp3) is 0.583. The summed E-state index contributed by atoms with van der Waals surface area (Å²) >= 11 is 0. The summed E-state index contributed by atoms with van der Waals surface area (Å²) in [6, 6.07) is 10.8. The van der Waals surface area contributed by atoms with Gasteiger partial charge in [0.2, 0.25) is 5.91 Å². The lowest BCUT2D eigenvalue weighted by Gasteiger charge is -2.39. The smallest absolute Gasteiger partial charge is 0.219 e. The lowest BCUT2D eigenvalue weighted by molar-refractivity contribution is -0.132. The average molecular weight is 411 g/mol. The largest absolute Gasteiger partial charge is 0.379 e. The SMILES string of the molecule is CC(=O)N(CCCN1CCOCC1)C1CCCN(Cc2cccc3cccnc23)C1. The maximum atomic E-state index is 12.4. The highest BCUT2D eigenvalue weighted by Gasteiger charge is 2.27. The van der Waals surface area contributed by atoms with Crippen LogP contribution >= 0.6 is 0 Å². The summed E-state index contributed by atoms with van der Waals surface area (Å²) in [7, 11) is 0. The number of likely N-dealkylation sites (tertiary alicyclic amines) is 1. The predicted octanol–water partition coefficient (Wildman–Crippen LogP) is 2.77. The van der Waals surface area contributed by atoms with Gasteiger partial charge in [0, 0.05) is 63.8 Å². The number of hydrogen-bond donors (Lipinski definition) is 0. The van der Waals surface area contributed by atoms with E-state index in [2.05, 4.69) is 43.9 Å². The predicted molar refractivity (Wildman–Crippen MR) is 119 cm³/mol. The van der Waals surface area contributed by atoms with Crippen LogP contribution in [-0.4, -0.2) is 84.1 Å². The van der Waals surface area contributed by atoms with Crippen molar-refractivity contribution in [2.45, 2.75) is 38.8 Å². The fourth-order valence-corrected chi connectivity index (χ4v) is 4.85. The molecule has 1 aromatic heterocycles. The van der Waals surface area contributed by atoms with Crippen molar-refractivity contribution in [1.82, 2.24) is 19.7 Å². The Hall–Kier alpha value is -2.02. The van der Waals surface area contributed by atoms with Crippen LogP contribution in [0, 0.1) is 0 Å². The summed E-state index contributed by atoms with van der Waals surface area (Å²) in [5.74, 6) is 0.204. The maximum absolute atomic E-state index is 12.4. The zero-order valence-electron chi connectivity index (χ0n) is 18.1. The minimum Gasteiger partial charge on any atom is -0.379 e. The highest BCUT2D eigenvalue weighted by Crippen LogP contribution is 2.22. The van der Waals surface area contributed by atoms with Gasteiger partial charge in [0.05, 0.1) is 18.7 Å². The first-order valence-corrected chi connectivity index (χ1v) is 11.3. The summed E-state index contributed by atoms with van der Waals surface area (Å²) in [5.41, 5.74) is 2.37. The molecule has 2 saturated heterocycles. The molecule has 2 aromatic rings. The number of para-hydroxylation sites is 1. The van der Waals surface area contributed by atoms with Crippen LogP contribution in [0.5, 0.6) is 0 Å². The van der Waals surface area contributed by atoms with Crippen LogP contribution in [-0.2, 0) is 16.1 Å². The van der Waals surface area contributed by atoms with Crippen LogP contribution in [0.15, 0.2) is 36.5 Å². The van der Waals surface area contributed by atoms with Gasteiger partial charge < -0.3 is 9.64 Å². The Bertz CT molecular complexity index is 832. The summed E-state index contributed by atoms with van der Waals surface area (Å²) in [6.45, 7) is 10.2. The summed E-state index contributed by atoms with van der Waals surface area (Å²) in [4.78, 5) is 24.1. The maximum Gasteiger partial charge on any atom is 0.219 e. The molecule has 3 heterocycles. The molecule has 0 saturated carbocycles. The van der Waals surface area contributed by atoms with Crippen molar-refractivity contribution in [2.24, 2.45) is 0 Å². The number of fused-ring (bicyclic) bond motifs is 1. The van der Waals surface area contributed by atoms with Gasteiger partial charge in [0.1, 0.15) is 0 Å². The number of pyridine rings is 1. The highest BCUT2D eigenvalue weighted by molar-refractivity contribution is 5.81. The van der Waals surface area contributed by atoms with E-state index in [0.29, 0.717) is 6.04 Å². The van der Waals surface area contributed by atoms with Gasteiger partial charge in [-0.3, -0.25) is 19.6 Å². The quantitative estimate of drug-likeness (QED) is 0.703. The molecule has 30 heavy (non-hydrogen) atoms. The molecule has 2 aliphatic rings. The number of aromatic nitrogens is 1. The molecule has 1 atom stereocenters. The van der Waals surface area contributed by atoms with Crippen molar-refractivity contribution in [3.05, 3.63) is 42.1 Å². The molecule has 162 valence electrons. The highest BCUT2D eigenvalue weighted by atomic mass is 16.5. The second-order valence-electron chi connectivity index (χ2n) is 8.54. The van der Waals surface area contributed by atoms with Crippen molar-refractivity contribution in [3.8, 4) is 0 Å². The van der Waals surface area contributed by atoms with Crippen LogP contribution in [0.3, 0.4) is 0 Å². The number of amides is 1. The number of nitrogens with zero attached hydrogens (tertiary/aromatic N) is 4. The van der Waals surface area contributed by atoms with Crippen molar-refractivity contribution < 1.29 is 9.53 Å². The van der Waals surface area contributed by atoms with Gasteiger partial charge >= 0.3 is 0 Å². The van der Waals surface area contributed by atoms with E-state index in [4.69, 9.17) is 4.74 Å². The van der Waals surface area contributed by atoms with Gasteiger partial charge in [-0.15, -0.1) is 0 Å². The number of rotatable bonds is 7. The van der Waals surface area contributed by atoms with Gasteiger partial charge in [-0.25, -0.2) is 0 Å². The van der Waals surface area contributed by atoms with Crippen LogP contribution in [0.1, 0.15) is 31.7 Å². The number of piperidine rings is 1. The van der Waals surface area contributed by atoms with E-state index in [1.165, 1.54) is 10.9 Å². The lowest BCUT2D eigenvalue weighted by atomic mass is 10.0. The molecule has 0 N–H and O–H groups in total. The second kappa shape index (κ2) is 10.3. The molecule has 0 aliphatic carbocycles. The number of carbonyl (C=O) groups is 1. The fourth-order valence-electron chi connectivity index (χ4n) is 4.85. The number of carbonyl (C=O) groups excluding carboxylic acids is 1. The van der Waals surface area contributed by atoms with E-state index in [-0.39, 0.29) is 5.91 Å². The van der Waals surface area contributed by atoms with Crippen LogP contribution < -0.4 is 0 Å². The molecule has 2 aliphatic heterocycles. The first kappa shape index (κ1) is 21.2. The van der Waals surface area contributed by atoms with Gasteiger partial charge in [0.25, 0.3) is 0 Å². The Balaban J connectivity index is 1.35. The lowest BCUT2D eigenvalue weighted by Crippen LogP contribution is -2.50. The van der Waals surface area contributed by atoms with E-state index in [1.54, 1.807) is 6.92 Å². The minimum absolute atomic E-state index is 0.204. The van der Waals surface area contributed by atoms with Gasteiger partial charge in [0.15, 0.2) is 0 Å². The van der Waals surface area contributed by atoms with Gasteiger partial charge in [-0.1, -0.05) is 24.3 Å². The third kappa shape index (κ3) is 5.36. The Morgan fingerprint density at radius 1 is 1.17 bits per heavy atom. The molecule has 6 nitrogen and oxygen atoms in total. The number of benzene rings is 1. The zero-order valence-corrected chi connectivity index (χ0v) is 18.1. The van der Waals surface area contributed by atoms with Crippen molar-refractivity contribution >= 4 is 16.8 Å². The molecular weight excluding hydrogens is 376 g/mol. The molecule has 6 heteroatoms. The minimum atomic E-state index is 0.204. The van der Waals surface area contributed by atoms with Crippen LogP contribution in [0.4, 0.5) is 0 Å². The monoisotopic (exact) mass is 410 g/mol. The molecule has 4 rings (SSSR count). The average Bonchev–Trinajstić information content (AvgIpc) is 2.78. The zero-order chi connectivity index (χ0) is 20.8. The molecule has 1 unspecified atom stereocenters. The number of morpholine rings is 1. The number of ether oxygens (including phenoxy) is 1. The van der Waals surface area contributed by atoms with Crippen LogP contribution in [0.25, 0.3) is 10.9 Å². The third-order valence-corrected chi connectivity index (χ3v) is 6.41.